The maximum Gasteiger partial charge on any atom is 0.435 e. The lowest BCUT2D eigenvalue weighted by Crippen LogP contribution is -2.30. The lowest BCUT2D eigenvalue weighted by molar-refractivity contribution is -0.142. The van der Waals surface area contributed by atoms with Crippen molar-refractivity contribution in [2.45, 2.75) is 19.3 Å². The monoisotopic (exact) mass is 445 g/mol. The van der Waals surface area contributed by atoms with E-state index in [-0.39, 0.29) is 19.0 Å². The molecule has 3 aromatic heterocycles. The van der Waals surface area contributed by atoms with E-state index in [9.17, 15) is 18.0 Å². The molecule has 0 saturated heterocycles. The fourth-order valence-corrected chi connectivity index (χ4v) is 3.81. The zero-order chi connectivity index (χ0) is 22.0. The van der Waals surface area contributed by atoms with E-state index >= 15 is 0 Å². The maximum absolute atomic E-state index is 12.7. The summed E-state index contributed by atoms with van der Waals surface area (Å²) in [6, 6.07) is 14.3. The highest BCUT2D eigenvalue weighted by Gasteiger charge is 2.33. The number of carbonyl (C=O) groups excluding carboxylic acids is 1. The van der Waals surface area contributed by atoms with Gasteiger partial charge < -0.3 is 4.90 Å². The summed E-state index contributed by atoms with van der Waals surface area (Å²) in [4.78, 5) is 15.0. The summed E-state index contributed by atoms with van der Waals surface area (Å²) < 4.78 is 40.9. The highest BCUT2D eigenvalue weighted by Crippen LogP contribution is 2.29. The van der Waals surface area contributed by atoms with E-state index in [1.54, 1.807) is 23.1 Å². The molecule has 1 aromatic carbocycles. The van der Waals surface area contributed by atoms with Crippen LogP contribution in [0.3, 0.4) is 0 Å². The van der Waals surface area contributed by atoms with Gasteiger partial charge in [-0.1, -0.05) is 24.3 Å². The van der Waals surface area contributed by atoms with Gasteiger partial charge in [0.05, 0.1) is 10.6 Å². The van der Waals surface area contributed by atoms with Crippen molar-refractivity contribution >= 4 is 17.2 Å². The third kappa shape index (κ3) is 4.69. The Hall–Kier alpha value is -3.40. The number of carbonyl (C=O) groups is 1. The van der Waals surface area contributed by atoms with Gasteiger partial charge in [-0.25, -0.2) is 4.68 Å². The number of aromatic nitrogens is 4. The van der Waals surface area contributed by atoms with Crippen LogP contribution in [0.5, 0.6) is 0 Å². The zero-order valence-corrected chi connectivity index (χ0v) is 17.3. The second-order valence-electron chi connectivity index (χ2n) is 6.91. The van der Waals surface area contributed by atoms with E-state index in [0.717, 1.165) is 38.8 Å². The predicted molar refractivity (Wildman–Crippen MR) is 111 cm³/mol. The fraction of sp³-hybridized carbons (Fsp3) is 0.190. The number of amides is 1. The van der Waals surface area contributed by atoms with Gasteiger partial charge in [0.2, 0.25) is 5.91 Å². The number of halogens is 3. The van der Waals surface area contributed by atoms with Crippen molar-refractivity contribution in [2.75, 3.05) is 7.05 Å². The lowest BCUT2D eigenvalue weighted by atomic mass is 10.2. The topological polar surface area (TPSA) is 56.0 Å². The van der Waals surface area contributed by atoms with E-state index in [0.29, 0.717) is 0 Å². The minimum atomic E-state index is -4.54. The van der Waals surface area contributed by atoms with Crippen molar-refractivity contribution in [1.29, 1.82) is 0 Å². The maximum atomic E-state index is 12.7. The summed E-state index contributed by atoms with van der Waals surface area (Å²) in [5.74, 6) is -0.360. The Labute approximate surface area is 180 Å². The molecule has 3 heterocycles. The molecule has 4 aromatic rings. The summed E-state index contributed by atoms with van der Waals surface area (Å²) in [6.45, 7) is -0.0277. The average Bonchev–Trinajstić information content (AvgIpc) is 3.48. The SMILES string of the molecule is CN(Cc1cn(-c2ccccc2)nc1-c1cccs1)C(=O)Cn1ccc(C(F)(F)F)n1. The molecule has 0 N–H and O–H groups in total. The van der Waals surface area contributed by atoms with Crippen LogP contribution in [0.2, 0.25) is 0 Å². The van der Waals surface area contributed by atoms with Gasteiger partial charge in [0, 0.05) is 31.5 Å². The number of alkyl halides is 3. The lowest BCUT2D eigenvalue weighted by Gasteiger charge is -2.17. The first-order valence-electron chi connectivity index (χ1n) is 9.34. The number of likely N-dealkylation sites (N-methyl/N-ethyl adjacent to an activating group) is 1. The number of hydrogen-bond donors (Lipinski definition) is 0. The molecule has 0 aliphatic heterocycles. The van der Waals surface area contributed by atoms with Crippen molar-refractivity contribution in [2.24, 2.45) is 0 Å². The molecule has 0 bridgehead atoms. The summed E-state index contributed by atoms with van der Waals surface area (Å²) in [5, 5.41) is 10.1. The summed E-state index contributed by atoms with van der Waals surface area (Å²) in [7, 11) is 1.61. The predicted octanol–water partition coefficient (Wildman–Crippen LogP) is 4.47. The Bertz CT molecular complexity index is 1170. The van der Waals surface area contributed by atoms with Gasteiger partial charge in [0.1, 0.15) is 12.2 Å². The van der Waals surface area contributed by atoms with Crippen LogP contribution in [0.1, 0.15) is 11.3 Å². The molecule has 0 fully saturated rings. The van der Waals surface area contributed by atoms with Gasteiger partial charge in [0.25, 0.3) is 0 Å². The minimum absolute atomic E-state index is 0.256. The van der Waals surface area contributed by atoms with Crippen LogP contribution in [0, 0.1) is 0 Å². The van der Waals surface area contributed by atoms with Gasteiger partial charge in [-0.15, -0.1) is 11.3 Å². The number of hydrogen-bond acceptors (Lipinski definition) is 4. The Balaban J connectivity index is 1.54. The number of nitrogens with zero attached hydrogens (tertiary/aromatic N) is 5. The van der Waals surface area contributed by atoms with Crippen molar-refractivity contribution in [3.8, 4) is 16.3 Å². The smallest absolute Gasteiger partial charge is 0.340 e. The molecule has 0 unspecified atom stereocenters. The quantitative estimate of drug-likeness (QED) is 0.440. The van der Waals surface area contributed by atoms with Crippen LogP contribution in [0.25, 0.3) is 16.3 Å². The summed E-state index contributed by atoms with van der Waals surface area (Å²) in [6.07, 6.45) is -1.52. The van der Waals surface area contributed by atoms with Crippen molar-refractivity contribution in [3.63, 3.8) is 0 Å². The standard InChI is InChI=1S/C21H18F3N5OS/c1-27(19(30)14-28-10-9-18(25-28)21(22,23)24)12-15-13-29(16-6-3-2-4-7-16)26-20(15)17-8-5-11-31-17/h2-11,13H,12,14H2,1H3. The Morgan fingerprint density at radius 1 is 1.10 bits per heavy atom. The van der Waals surface area contributed by atoms with Crippen LogP contribution in [0.15, 0.2) is 66.3 Å². The molecule has 10 heteroatoms. The van der Waals surface area contributed by atoms with Crippen molar-refractivity contribution < 1.29 is 18.0 Å². The van der Waals surface area contributed by atoms with Crippen LogP contribution >= 0.6 is 11.3 Å². The first-order valence-corrected chi connectivity index (χ1v) is 10.2. The summed E-state index contributed by atoms with van der Waals surface area (Å²) in [5.41, 5.74) is 1.46. The Morgan fingerprint density at radius 2 is 1.87 bits per heavy atom. The van der Waals surface area contributed by atoms with E-state index in [1.807, 2.05) is 54.0 Å². The van der Waals surface area contributed by atoms with E-state index in [2.05, 4.69) is 5.10 Å². The highest BCUT2D eigenvalue weighted by molar-refractivity contribution is 7.13. The second kappa shape index (κ2) is 8.38. The molecule has 0 radical (unpaired) electrons. The van der Waals surface area contributed by atoms with Crippen LogP contribution in [0.4, 0.5) is 13.2 Å². The first kappa shape index (κ1) is 20.9. The number of rotatable bonds is 6. The Kier molecular flexibility index (Phi) is 5.64. The van der Waals surface area contributed by atoms with Gasteiger partial charge in [0.15, 0.2) is 5.69 Å². The average molecular weight is 445 g/mol. The van der Waals surface area contributed by atoms with Crippen LogP contribution in [-0.2, 0) is 24.1 Å². The van der Waals surface area contributed by atoms with Gasteiger partial charge >= 0.3 is 6.18 Å². The molecule has 6 nitrogen and oxygen atoms in total. The molecule has 31 heavy (non-hydrogen) atoms. The molecule has 0 atom stereocenters. The first-order chi connectivity index (χ1) is 14.8. The number of benzene rings is 1. The van der Waals surface area contributed by atoms with E-state index in [1.165, 1.54) is 4.90 Å². The molecular formula is C21H18F3N5OS. The molecule has 1 amide bonds. The van der Waals surface area contributed by atoms with Gasteiger partial charge in [-0.3, -0.25) is 9.48 Å². The molecule has 0 saturated carbocycles. The number of para-hydroxylation sites is 1. The van der Waals surface area contributed by atoms with Crippen LogP contribution < -0.4 is 0 Å². The molecule has 0 spiro atoms. The minimum Gasteiger partial charge on any atom is -0.340 e. The molecule has 160 valence electrons. The van der Waals surface area contributed by atoms with Crippen molar-refractivity contribution in [1.82, 2.24) is 24.5 Å². The molecule has 0 aliphatic carbocycles. The van der Waals surface area contributed by atoms with Gasteiger partial charge in [-0.05, 0) is 29.6 Å². The third-order valence-corrected chi connectivity index (χ3v) is 5.50. The van der Waals surface area contributed by atoms with E-state index < -0.39 is 11.9 Å². The van der Waals surface area contributed by atoms with E-state index in [4.69, 9.17) is 5.10 Å². The highest BCUT2D eigenvalue weighted by atomic mass is 32.1. The van der Waals surface area contributed by atoms with Crippen molar-refractivity contribution in [3.05, 3.63) is 77.6 Å². The van der Waals surface area contributed by atoms with Gasteiger partial charge in [-0.2, -0.15) is 23.4 Å². The second-order valence-corrected chi connectivity index (χ2v) is 7.85. The summed E-state index contributed by atoms with van der Waals surface area (Å²) >= 11 is 1.54. The molecular weight excluding hydrogens is 427 g/mol. The molecule has 4 rings (SSSR count). The fourth-order valence-electron chi connectivity index (χ4n) is 3.06. The van der Waals surface area contributed by atoms with Crippen LogP contribution in [-0.4, -0.2) is 37.4 Å². The number of thiophene rings is 1. The third-order valence-electron chi connectivity index (χ3n) is 4.63. The normalized spacial score (nSPS) is 11.6. The Morgan fingerprint density at radius 3 is 2.52 bits per heavy atom. The molecule has 0 aliphatic rings. The largest absolute Gasteiger partial charge is 0.435 e. The zero-order valence-electron chi connectivity index (χ0n) is 16.5.